The zero-order chi connectivity index (χ0) is 10.6. The van der Waals surface area contributed by atoms with E-state index in [2.05, 4.69) is 4.98 Å². The van der Waals surface area contributed by atoms with Gasteiger partial charge in [-0.25, -0.2) is 4.98 Å². The van der Waals surface area contributed by atoms with Crippen LogP contribution in [0.3, 0.4) is 0 Å². The number of aliphatic hydroxyl groups excluding tert-OH is 1. The zero-order valence-electron chi connectivity index (χ0n) is 8.64. The largest absolute Gasteiger partial charge is 0.393 e. The van der Waals surface area contributed by atoms with E-state index in [1.165, 1.54) is 0 Å². The summed E-state index contributed by atoms with van der Waals surface area (Å²) in [5.41, 5.74) is 6.59. The van der Waals surface area contributed by atoms with Gasteiger partial charge in [0, 0.05) is 31.5 Å². The molecule has 1 rings (SSSR count). The molecule has 1 unspecified atom stereocenters. The van der Waals surface area contributed by atoms with Gasteiger partial charge >= 0.3 is 0 Å². The second-order valence-electron chi connectivity index (χ2n) is 3.50. The summed E-state index contributed by atoms with van der Waals surface area (Å²) in [5.74, 6) is 0.520. The Morgan fingerprint density at radius 3 is 2.93 bits per heavy atom. The van der Waals surface area contributed by atoms with Gasteiger partial charge in [0.05, 0.1) is 6.10 Å². The lowest BCUT2D eigenvalue weighted by molar-refractivity contribution is 0.187. The van der Waals surface area contributed by atoms with Crippen LogP contribution in [0.1, 0.15) is 13.3 Å². The van der Waals surface area contributed by atoms with E-state index >= 15 is 0 Å². The van der Waals surface area contributed by atoms with E-state index in [1.807, 2.05) is 24.1 Å². The summed E-state index contributed by atoms with van der Waals surface area (Å²) in [5, 5.41) is 9.14. The third kappa shape index (κ3) is 3.22. The number of hydrogen-bond donors (Lipinski definition) is 2. The minimum absolute atomic E-state index is 0.267. The van der Waals surface area contributed by atoms with Crippen molar-refractivity contribution < 1.29 is 5.11 Å². The number of rotatable bonds is 4. The van der Waals surface area contributed by atoms with Crippen LogP contribution in [-0.4, -0.2) is 29.8 Å². The Morgan fingerprint density at radius 2 is 2.36 bits per heavy atom. The molecule has 0 fully saturated rings. The van der Waals surface area contributed by atoms with Crippen molar-refractivity contribution in [3.8, 4) is 0 Å². The maximum atomic E-state index is 9.14. The third-order valence-electron chi connectivity index (χ3n) is 2.09. The Hall–Kier alpha value is -1.29. The van der Waals surface area contributed by atoms with E-state index in [4.69, 9.17) is 10.8 Å². The second-order valence-corrected chi connectivity index (χ2v) is 3.50. The number of anilines is 2. The number of nitrogens with zero attached hydrogens (tertiary/aromatic N) is 2. The van der Waals surface area contributed by atoms with Gasteiger partial charge in [0.1, 0.15) is 5.82 Å². The lowest BCUT2D eigenvalue weighted by atomic mass is 10.2. The first-order chi connectivity index (χ1) is 6.59. The summed E-state index contributed by atoms with van der Waals surface area (Å²) < 4.78 is 0. The van der Waals surface area contributed by atoms with Crippen molar-refractivity contribution in [1.82, 2.24) is 4.98 Å². The fourth-order valence-corrected chi connectivity index (χ4v) is 1.18. The van der Waals surface area contributed by atoms with Crippen LogP contribution in [0.5, 0.6) is 0 Å². The van der Waals surface area contributed by atoms with Crippen molar-refractivity contribution in [2.75, 3.05) is 24.2 Å². The van der Waals surface area contributed by atoms with Gasteiger partial charge in [0.25, 0.3) is 0 Å². The average molecular weight is 195 g/mol. The van der Waals surface area contributed by atoms with Gasteiger partial charge in [-0.3, -0.25) is 0 Å². The summed E-state index contributed by atoms with van der Waals surface area (Å²) in [6.07, 6.45) is 2.17. The normalized spacial score (nSPS) is 12.5. The molecule has 0 amide bonds. The molecule has 0 saturated carbocycles. The Morgan fingerprint density at radius 1 is 1.64 bits per heavy atom. The minimum Gasteiger partial charge on any atom is -0.393 e. The van der Waals surface area contributed by atoms with Crippen molar-refractivity contribution in [1.29, 1.82) is 0 Å². The van der Waals surface area contributed by atoms with Gasteiger partial charge in [0.2, 0.25) is 0 Å². The molecule has 4 heteroatoms. The van der Waals surface area contributed by atoms with Gasteiger partial charge in [-0.2, -0.15) is 0 Å². The molecule has 14 heavy (non-hydrogen) atoms. The van der Waals surface area contributed by atoms with Crippen LogP contribution in [0.4, 0.5) is 11.5 Å². The van der Waals surface area contributed by atoms with Crippen molar-refractivity contribution in [3.05, 3.63) is 18.3 Å². The van der Waals surface area contributed by atoms with Crippen molar-refractivity contribution in [2.45, 2.75) is 19.4 Å². The van der Waals surface area contributed by atoms with Crippen LogP contribution in [0.15, 0.2) is 18.3 Å². The molecule has 1 aromatic heterocycles. The summed E-state index contributed by atoms with van der Waals surface area (Å²) in [6.45, 7) is 2.59. The lowest BCUT2D eigenvalue weighted by Crippen LogP contribution is -2.21. The van der Waals surface area contributed by atoms with Gasteiger partial charge < -0.3 is 15.7 Å². The van der Waals surface area contributed by atoms with E-state index in [1.54, 1.807) is 13.1 Å². The SMILES string of the molecule is CC(O)CCN(C)c1ccnc(N)c1. The molecule has 0 aromatic carbocycles. The van der Waals surface area contributed by atoms with Crippen molar-refractivity contribution in [3.63, 3.8) is 0 Å². The summed E-state index contributed by atoms with van der Waals surface area (Å²) in [7, 11) is 1.97. The van der Waals surface area contributed by atoms with Crippen molar-refractivity contribution >= 4 is 11.5 Å². The number of nitrogen functional groups attached to an aromatic ring is 1. The molecule has 0 radical (unpaired) electrons. The molecule has 0 bridgehead atoms. The molecule has 3 N–H and O–H groups in total. The fraction of sp³-hybridized carbons (Fsp3) is 0.500. The molecule has 4 nitrogen and oxygen atoms in total. The quantitative estimate of drug-likeness (QED) is 0.748. The van der Waals surface area contributed by atoms with E-state index in [9.17, 15) is 0 Å². The number of nitrogens with two attached hydrogens (primary N) is 1. The Bertz CT molecular complexity index is 288. The lowest BCUT2D eigenvalue weighted by Gasteiger charge is -2.19. The third-order valence-corrected chi connectivity index (χ3v) is 2.09. The highest BCUT2D eigenvalue weighted by Crippen LogP contribution is 2.14. The second kappa shape index (κ2) is 4.81. The standard InChI is InChI=1S/C10H17N3O/c1-8(14)4-6-13(2)9-3-5-12-10(11)7-9/h3,5,7-8,14H,4,6H2,1-2H3,(H2,11,12). The van der Waals surface area contributed by atoms with Crippen LogP contribution in [-0.2, 0) is 0 Å². The molecule has 1 aromatic rings. The van der Waals surface area contributed by atoms with E-state index in [0.29, 0.717) is 5.82 Å². The van der Waals surface area contributed by atoms with E-state index in [0.717, 1.165) is 18.7 Å². The molecule has 78 valence electrons. The van der Waals surface area contributed by atoms with Crippen LogP contribution in [0.25, 0.3) is 0 Å². The first kappa shape index (κ1) is 10.8. The number of aromatic nitrogens is 1. The van der Waals surface area contributed by atoms with Crippen molar-refractivity contribution in [2.24, 2.45) is 0 Å². The summed E-state index contributed by atoms with van der Waals surface area (Å²) >= 11 is 0. The topological polar surface area (TPSA) is 62.4 Å². The van der Waals surface area contributed by atoms with Crippen LogP contribution >= 0.6 is 0 Å². The number of pyridine rings is 1. The molecular weight excluding hydrogens is 178 g/mol. The number of hydrogen-bond acceptors (Lipinski definition) is 4. The average Bonchev–Trinajstić information content (AvgIpc) is 2.14. The zero-order valence-corrected chi connectivity index (χ0v) is 8.64. The van der Waals surface area contributed by atoms with Gasteiger partial charge in [-0.05, 0) is 19.4 Å². The maximum absolute atomic E-state index is 9.14. The summed E-state index contributed by atoms with van der Waals surface area (Å²) in [4.78, 5) is 5.97. The summed E-state index contributed by atoms with van der Waals surface area (Å²) in [6, 6.07) is 3.72. The van der Waals surface area contributed by atoms with Gasteiger partial charge in [0.15, 0.2) is 0 Å². The highest BCUT2D eigenvalue weighted by molar-refractivity contribution is 5.51. The molecule has 0 aliphatic rings. The molecule has 1 atom stereocenters. The molecular formula is C10H17N3O. The first-order valence-corrected chi connectivity index (χ1v) is 4.70. The first-order valence-electron chi connectivity index (χ1n) is 4.70. The monoisotopic (exact) mass is 195 g/mol. The Labute approximate surface area is 84.4 Å². The highest BCUT2D eigenvalue weighted by Gasteiger charge is 2.03. The molecule has 0 spiro atoms. The minimum atomic E-state index is -0.267. The Balaban J connectivity index is 2.56. The Kier molecular flexibility index (Phi) is 3.71. The predicted molar refractivity (Wildman–Crippen MR) is 58.2 cm³/mol. The van der Waals surface area contributed by atoms with Crippen LogP contribution in [0.2, 0.25) is 0 Å². The predicted octanol–water partition coefficient (Wildman–Crippen LogP) is 0.871. The van der Waals surface area contributed by atoms with Crippen LogP contribution in [0, 0.1) is 0 Å². The molecule has 1 heterocycles. The van der Waals surface area contributed by atoms with E-state index in [-0.39, 0.29) is 6.10 Å². The smallest absolute Gasteiger partial charge is 0.125 e. The molecule has 0 saturated heterocycles. The maximum Gasteiger partial charge on any atom is 0.125 e. The molecule has 0 aliphatic carbocycles. The van der Waals surface area contributed by atoms with Gasteiger partial charge in [-0.1, -0.05) is 0 Å². The van der Waals surface area contributed by atoms with Crippen LogP contribution < -0.4 is 10.6 Å². The van der Waals surface area contributed by atoms with E-state index < -0.39 is 0 Å². The number of aliphatic hydroxyl groups is 1. The highest BCUT2D eigenvalue weighted by atomic mass is 16.3. The van der Waals surface area contributed by atoms with Gasteiger partial charge in [-0.15, -0.1) is 0 Å². The molecule has 0 aliphatic heterocycles. The fourth-order valence-electron chi connectivity index (χ4n) is 1.18.